The van der Waals surface area contributed by atoms with Crippen LogP contribution in [-0.2, 0) is 24.3 Å². The molecule has 4 rings (SSSR count). The fourth-order valence-corrected chi connectivity index (χ4v) is 4.54. The largest absolute Gasteiger partial charge is 0.352 e. The van der Waals surface area contributed by atoms with Crippen molar-refractivity contribution in [1.82, 2.24) is 24.4 Å². The Morgan fingerprint density at radius 2 is 2.07 bits per heavy atom. The van der Waals surface area contributed by atoms with Crippen molar-refractivity contribution < 1.29 is 4.79 Å². The van der Waals surface area contributed by atoms with Gasteiger partial charge in [0.2, 0.25) is 5.91 Å². The minimum atomic E-state index is -0.221. The lowest BCUT2D eigenvalue weighted by Crippen LogP contribution is -2.45. The molecule has 2 aromatic rings. The summed E-state index contributed by atoms with van der Waals surface area (Å²) in [5.74, 6) is 1.90. The van der Waals surface area contributed by atoms with Crippen LogP contribution in [0, 0.1) is 11.8 Å². The second kappa shape index (κ2) is 7.44. The number of nitrogens with one attached hydrogen (secondary N) is 1. The average molecular weight is 371 g/mol. The number of nitrogens with zero attached hydrogens (tertiary/aromatic N) is 4. The van der Waals surface area contributed by atoms with E-state index in [1.54, 1.807) is 0 Å². The van der Waals surface area contributed by atoms with Gasteiger partial charge in [-0.3, -0.25) is 14.2 Å². The highest BCUT2D eigenvalue weighted by molar-refractivity contribution is 5.77. The van der Waals surface area contributed by atoms with Crippen molar-refractivity contribution in [3.63, 3.8) is 0 Å². The van der Waals surface area contributed by atoms with Crippen LogP contribution < -0.4 is 10.9 Å². The van der Waals surface area contributed by atoms with Gasteiger partial charge in [-0.15, -0.1) is 0 Å². The fraction of sp³-hybridized carbons (Fsp3) is 0.700. The Kier molecular flexibility index (Phi) is 5.02. The molecule has 7 heteroatoms. The van der Waals surface area contributed by atoms with Crippen molar-refractivity contribution >= 4 is 17.1 Å². The van der Waals surface area contributed by atoms with E-state index in [9.17, 15) is 9.59 Å². The molecule has 1 aliphatic carbocycles. The molecule has 0 bridgehead atoms. The van der Waals surface area contributed by atoms with E-state index in [1.165, 1.54) is 23.7 Å². The van der Waals surface area contributed by atoms with Gasteiger partial charge in [0.25, 0.3) is 5.56 Å². The third kappa shape index (κ3) is 3.51. The van der Waals surface area contributed by atoms with Crippen LogP contribution in [0.4, 0.5) is 0 Å². The zero-order valence-electron chi connectivity index (χ0n) is 16.3. The lowest BCUT2D eigenvalue weighted by molar-refractivity contribution is -0.123. The van der Waals surface area contributed by atoms with E-state index >= 15 is 0 Å². The van der Waals surface area contributed by atoms with E-state index in [1.807, 2.05) is 0 Å². The van der Waals surface area contributed by atoms with E-state index < -0.39 is 0 Å². The minimum absolute atomic E-state index is 0.00156. The zero-order valence-corrected chi connectivity index (χ0v) is 16.3. The van der Waals surface area contributed by atoms with Crippen molar-refractivity contribution in [2.45, 2.75) is 77.9 Å². The first-order chi connectivity index (χ1) is 13.0. The average Bonchev–Trinajstić information content (AvgIpc) is 2.83. The van der Waals surface area contributed by atoms with Crippen LogP contribution >= 0.6 is 0 Å². The summed E-state index contributed by atoms with van der Waals surface area (Å²) in [6.45, 7) is 5.31. The Morgan fingerprint density at radius 3 is 2.93 bits per heavy atom. The zero-order chi connectivity index (χ0) is 19.0. The number of hydrogen-bond acceptors (Lipinski definition) is 4. The summed E-state index contributed by atoms with van der Waals surface area (Å²) in [7, 11) is 0. The summed E-state index contributed by atoms with van der Waals surface area (Å²) >= 11 is 0. The maximum atomic E-state index is 12.8. The first-order valence-electron chi connectivity index (χ1n) is 10.3. The molecular weight excluding hydrogens is 342 g/mol. The van der Waals surface area contributed by atoms with E-state index in [4.69, 9.17) is 0 Å². The van der Waals surface area contributed by atoms with Crippen LogP contribution in [0.15, 0.2) is 11.1 Å². The van der Waals surface area contributed by atoms with Gasteiger partial charge in [0.1, 0.15) is 18.7 Å². The predicted molar refractivity (Wildman–Crippen MR) is 103 cm³/mol. The number of aromatic nitrogens is 4. The molecule has 0 radical (unpaired) electrons. The molecule has 27 heavy (non-hydrogen) atoms. The number of aryl methyl sites for hydroxylation is 2. The number of carbonyl (C=O) groups excluding carboxylic acids is 1. The van der Waals surface area contributed by atoms with Gasteiger partial charge >= 0.3 is 0 Å². The second-order valence-electron chi connectivity index (χ2n) is 8.28. The molecule has 2 aliphatic rings. The van der Waals surface area contributed by atoms with Gasteiger partial charge in [-0.1, -0.05) is 33.1 Å². The molecule has 3 atom stereocenters. The highest BCUT2D eigenvalue weighted by atomic mass is 16.2. The van der Waals surface area contributed by atoms with Crippen LogP contribution in [0.25, 0.3) is 11.2 Å². The summed E-state index contributed by atoms with van der Waals surface area (Å²) in [5.41, 5.74) is 0.825. The van der Waals surface area contributed by atoms with E-state index in [0.29, 0.717) is 23.0 Å². The summed E-state index contributed by atoms with van der Waals surface area (Å²) < 4.78 is 3.46. The first kappa shape index (κ1) is 18.2. The molecule has 0 saturated heterocycles. The van der Waals surface area contributed by atoms with Crippen molar-refractivity contribution in [1.29, 1.82) is 0 Å². The number of carbonyl (C=O) groups is 1. The van der Waals surface area contributed by atoms with Gasteiger partial charge < -0.3 is 9.88 Å². The second-order valence-corrected chi connectivity index (χ2v) is 8.28. The first-order valence-corrected chi connectivity index (χ1v) is 10.3. The maximum Gasteiger partial charge on any atom is 0.282 e. The quantitative estimate of drug-likeness (QED) is 0.897. The highest BCUT2D eigenvalue weighted by Crippen LogP contribution is 2.29. The van der Waals surface area contributed by atoms with Gasteiger partial charge in [0.05, 0.1) is 0 Å². The maximum absolute atomic E-state index is 12.8. The summed E-state index contributed by atoms with van der Waals surface area (Å²) in [5, 5.41) is 3.13. The van der Waals surface area contributed by atoms with Gasteiger partial charge in [-0.25, -0.2) is 9.97 Å². The van der Waals surface area contributed by atoms with Crippen molar-refractivity contribution in [2.75, 3.05) is 0 Å². The van der Waals surface area contributed by atoms with E-state index in [0.717, 1.165) is 44.5 Å². The Hall–Kier alpha value is -2.18. The molecule has 0 spiro atoms. The normalized spacial score (nSPS) is 25.8. The number of rotatable bonds is 3. The van der Waals surface area contributed by atoms with Crippen LogP contribution in [0.2, 0.25) is 0 Å². The van der Waals surface area contributed by atoms with Gasteiger partial charge in [-0.2, -0.15) is 0 Å². The lowest BCUT2D eigenvalue weighted by Gasteiger charge is -2.34. The highest BCUT2D eigenvalue weighted by Gasteiger charge is 2.28. The lowest BCUT2D eigenvalue weighted by atomic mass is 9.78. The van der Waals surface area contributed by atoms with Crippen molar-refractivity contribution in [3.8, 4) is 0 Å². The summed E-state index contributed by atoms with van der Waals surface area (Å²) in [4.78, 5) is 34.4. The Balaban J connectivity index is 1.53. The molecule has 1 aliphatic heterocycles. The standard InChI is InChI=1S/C20H29N5O2/c1-13-7-6-8-15(14(13)2)22-17(26)11-24-12-21-19-18(20(24)27)23-16-9-4-3-5-10-25(16)19/h12-15H,3-11H2,1-2H3,(H,22,26)/t13-,14+,15+/m1/s1. The van der Waals surface area contributed by atoms with Crippen LogP contribution in [0.3, 0.4) is 0 Å². The third-order valence-electron chi connectivity index (χ3n) is 6.45. The van der Waals surface area contributed by atoms with Gasteiger partial charge in [0, 0.05) is 19.0 Å². The molecule has 0 aromatic carbocycles. The Bertz CT molecular complexity index is 900. The van der Waals surface area contributed by atoms with Crippen LogP contribution in [0.1, 0.15) is 58.2 Å². The van der Waals surface area contributed by atoms with E-state index in [2.05, 4.69) is 33.7 Å². The predicted octanol–water partition coefficient (Wildman–Crippen LogP) is 2.26. The SMILES string of the molecule is C[C@H]1[C@H](C)CCC[C@@H]1NC(=O)Cn1cnc2c(nc3n2CCCCC3)c1=O. The number of hydrogen-bond donors (Lipinski definition) is 1. The summed E-state index contributed by atoms with van der Waals surface area (Å²) in [6, 6.07) is 0.192. The monoisotopic (exact) mass is 371 g/mol. The van der Waals surface area contributed by atoms with Crippen LogP contribution in [0.5, 0.6) is 0 Å². The Morgan fingerprint density at radius 1 is 1.22 bits per heavy atom. The molecule has 1 amide bonds. The topological polar surface area (TPSA) is 81.8 Å². The third-order valence-corrected chi connectivity index (χ3v) is 6.45. The fourth-order valence-electron chi connectivity index (χ4n) is 4.54. The van der Waals surface area contributed by atoms with Gasteiger partial charge in [-0.05, 0) is 31.1 Å². The molecule has 146 valence electrons. The molecule has 2 aromatic heterocycles. The molecule has 7 nitrogen and oxygen atoms in total. The Labute approximate surface area is 159 Å². The summed E-state index contributed by atoms with van der Waals surface area (Å²) in [6.07, 6.45) is 9.12. The smallest absolute Gasteiger partial charge is 0.282 e. The molecule has 1 saturated carbocycles. The minimum Gasteiger partial charge on any atom is -0.352 e. The van der Waals surface area contributed by atoms with Crippen LogP contribution in [-0.4, -0.2) is 31.1 Å². The molecule has 0 unspecified atom stereocenters. The molecule has 1 fully saturated rings. The number of imidazole rings is 1. The van der Waals surface area contributed by atoms with Gasteiger partial charge in [0.15, 0.2) is 11.2 Å². The van der Waals surface area contributed by atoms with Crippen molar-refractivity contribution in [2.24, 2.45) is 11.8 Å². The molecule has 3 heterocycles. The number of amides is 1. The molecular formula is C20H29N5O2. The number of fused-ring (bicyclic) bond motifs is 3. The van der Waals surface area contributed by atoms with Crippen molar-refractivity contribution in [3.05, 3.63) is 22.5 Å². The molecule has 1 N–H and O–H groups in total. The van der Waals surface area contributed by atoms with E-state index in [-0.39, 0.29) is 24.1 Å².